The number of aromatic nitrogens is 1. The summed E-state index contributed by atoms with van der Waals surface area (Å²) >= 11 is 1.78. The Balaban J connectivity index is 1.66. The SMILES string of the molecule is Cc1ccc(C2CC2C(=O)N(CCO)Cc2cccnc2)s1. The number of nitrogens with zero attached hydrogens (tertiary/aromatic N) is 2. The lowest BCUT2D eigenvalue weighted by molar-refractivity contribution is -0.133. The van der Waals surface area contributed by atoms with Crippen LogP contribution in [-0.4, -0.2) is 34.0 Å². The molecule has 0 spiro atoms. The van der Waals surface area contributed by atoms with Crippen LogP contribution in [0.15, 0.2) is 36.7 Å². The molecule has 2 heterocycles. The molecule has 2 unspecified atom stereocenters. The van der Waals surface area contributed by atoms with Crippen LogP contribution in [-0.2, 0) is 11.3 Å². The molecule has 4 nitrogen and oxygen atoms in total. The lowest BCUT2D eigenvalue weighted by Crippen LogP contribution is -2.34. The summed E-state index contributed by atoms with van der Waals surface area (Å²) in [6.07, 6.45) is 4.41. The normalized spacial score (nSPS) is 19.9. The maximum Gasteiger partial charge on any atom is 0.226 e. The van der Waals surface area contributed by atoms with Gasteiger partial charge in [0.1, 0.15) is 0 Å². The highest BCUT2D eigenvalue weighted by Gasteiger charge is 2.46. The van der Waals surface area contributed by atoms with E-state index in [1.165, 1.54) is 9.75 Å². The van der Waals surface area contributed by atoms with Gasteiger partial charge < -0.3 is 10.0 Å². The standard InChI is InChI=1S/C17H20N2O2S/c1-12-4-5-16(22-12)14-9-15(14)17(21)19(7-8-20)11-13-3-2-6-18-10-13/h2-6,10,14-15,20H,7-9,11H2,1H3. The van der Waals surface area contributed by atoms with Crippen LogP contribution in [0.3, 0.4) is 0 Å². The topological polar surface area (TPSA) is 53.4 Å². The van der Waals surface area contributed by atoms with E-state index < -0.39 is 0 Å². The Bertz CT molecular complexity index is 641. The molecule has 2 atom stereocenters. The van der Waals surface area contributed by atoms with Crippen molar-refractivity contribution in [3.05, 3.63) is 52.0 Å². The third kappa shape index (κ3) is 3.36. The molecule has 1 fully saturated rings. The number of aliphatic hydroxyl groups excluding tert-OH is 1. The van der Waals surface area contributed by atoms with E-state index in [-0.39, 0.29) is 18.4 Å². The molecule has 0 saturated heterocycles. The summed E-state index contributed by atoms with van der Waals surface area (Å²) in [7, 11) is 0. The number of hydrogen-bond acceptors (Lipinski definition) is 4. The van der Waals surface area contributed by atoms with Crippen molar-refractivity contribution >= 4 is 17.2 Å². The van der Waals surface area contributed by atoms with Gasteiger partial charge in [0, 0.05) is 47.1 Å². The van der Waals surface area contributed by atoms with Crippen molar-refractivity contribution < 1.29 is 9.90 Å². The van der Waals surface area contributed by atoms with Crippen molar-refractivity contribution in [1.82, 2.24) is 9.88 Å². The fourth-order valence-corrected chi connectivity index (χ4v) is 3.83. The fraction of sp³-hybridized carbons (Fsp3) is 0.412. The largest absolute Gasteiger partial charge is 0.395 e. The van der Waals surface area contributed by atoms with E-state index in [1.807, 2.05) is 12.1 Å². The minimum Gasteiger partial charge on any atom is -0.395 e. The number of hydrogen-bond donors (Lipinski definition) is 1. The van der Waals surface area contributed by atoms with Gasteiger partial charge in [0.25, 0.3) is 0 Å². The predicted octanol–water partition coefficient (Wildman–Crippen LogP) is 2.58. The molecule has 0 aliphatic heterocycles. The molecule has 116 valence electrons. The highest BCUT2D eigenvalue weighted by atomic mass is 32.1. The molecule has 3 rings (SSSR count). The Morgan fingerprint density at radius 2 is 2.32 bits per heavy atom. The van der Waals surface area contributed by atoms with Gasteiger partial charge in [0.05, 0.1) is 6.61 Å². The Morgan fingerprint density at radius 3 is 2.95 bits per heavy atom. The van der Waals surface area contributed by atoms with Crippen molar-refractivity contribution in [2.75, 3.05) is 13.2 Å². The van der Waals surface area contributed by atoms with Gasteiger partial charge in [0.2, 0.25) is 5.91 Å². The van der Waals surface area contributed by atoms with Crippen molar-refractivity contribution in [1.29, 1.82) is 0 Å². The molecule has 0 aromatic carbocycles. The van der Waals surface area contributed by atoms with Crippen molar-refractivity contribution in [3.63, 3.8) is 0 Å². The monoisotopic (exact) mass is 316 g/mol. The fourth-order valence-electron chi connectivity index (χ4n) is 2.77. The molecule has 2 aromatic rings. The average molecular weight is 316 g/mol. The second-order valence-electron chi connectivity index (χ2n) is 5.74. The Kier molecular flexibility index (Phi) is 4.55. The number of amides is 1. The zero-order valence-electron chi connectivity index (χ0n) is 12.6. The molecule has 1 N–H and O–H groups in total. The number of rotatable bonds is 6. The minimum atomic E-state index is -0.0124. The maximum atomic E-state index is 12.7. The third-order valence-corrected chi connectivity index (χ3v) is 5.14. The lowest BCUT2D eigenvalue weighted by Gasteiger charge is -2.22. The van der Waals surface area contributed by atoms with Gasteiger partial charge in [-0.2, -0.15) is 0 Å². The third-order valence-electron chi connectivity index (χ3n) is 4.01. The summed E-state index contributed by atoms with van der Waals surface area (Å²) in [5, 5.41) is 9.24. The van der Waals surface area contributed by atoms with Gasteiger partial charge in [0.15, 0.2) is 0 Å². The van der Waals surface area contributed by atoms with Crippen LogP contribution >= 0.6 is 11.3 Å². The van der Waals surface area contributed by atoms with Gasteiger partial charge in [-0.25, -0.2) is 0 Å². The minimum absolute atomic E-state index is 0.0124. The van der Waals surface area contributed by atoms with Crippen molar-refractivity contribution in [3.8, 4) is 0 Å². The molecule has 5 heteroatoms. The summed E-state index contributed by atoms with van der Waals surface area (Å²) in [5.74, 6) is 0.580. The Hall–Kier alpha value is -1.72. The Morgan fingerprint density at radius 1 is 1.45 bits per heavy atom. The van der Waals surface area contributed by atoms with Gasteiger partial charge >= 0.3 is 0 Å². The first kappa shape index (κ1) is 15.2. The summed E-state index contributed by atoms with van der Waals surface area (Å²) in [4.78, 5) is 21.1. The molecule has 1 aliphatic carbocycles. The molecular formula is C17H20N2O2S. The number of pyridine rings is 1. The Labute approximate surface area is 134 Å². The molecule has 0 bridgehead atoms. The van der Waals surface area contributed by atoms with Crippen LogP contribution in [0, 0.1) is 12.8 Å². The van der Waals surface area contributed by atoms with E-state index in [2.05, 4.69) is 24.0 Å². The highest BCUT2D eigenvalue weighted by molar-refractivity contribution is 7.12. The molecular weight excluding hydrogens is 296 g/mol. The zero-order valence-corrected chi connectivity index (χ0v) is 13.4. The van der Waals surface area contributed by atoms with Crippen LogP contribution in [0.1, 0.15) is 27.7 Å². The summed E-state index contributed by atoms with van der Waals surface area (Å²) < 4.78 is 0. The van der Waals surface area contributed by atoms with Crippen LogP contribution in [0.5, 0.6) is 0 Å². The van der Waals surface area contributed by atoms with Crippen LogP contribution in [0.4, 0.5) is 0 Å². The number of carbonyl (C=O) groups excluding carboxylic acids is 1. The van der Waals surface area contributed by atoms with Crippen LogP contribution < -0.4 is 0 Å². The quantitative estimate of drug-likeness (QED) is 0.891. The van der Waals surface area contributed by atoms with E-state index in [1.54, 1.807) is 28.6 Å². The summed E-state index contributed by atoms with van der Waals surface area (Å²) in [6.45, 7) is 2.97. The van der Waals surface area contributed by atoms with E-state index in [4.69, 9.17) is 0 Å². The molecule has 22 heavy (non-hydrogen) atoms. The first-order valence-corrected chi connectivity index (χ1v) is 8.35. The first-order chi connectivity index (χ1) is 10.7. The smallest absolute Gasteiger partial charge is 0.226 e. The molecule has 1 aliphatic rings. The number of carbonyl (C=O) groups is 1. The van der Waals surface area contributed by atoms with Crippen molar-refractivity contribution in [2.45, 2.75) is 25.8 Å². The zero-order chi connectivity index (χ0) is 15.5. The van der Waals surface area contributed by atoms with Crippen molar-refractivity contribution in [2.24, 2.45) is 5.92 Å². The van der Waals surface area contributed by atoms with Crippen LogP contribution in [0.2, 0.25) is 0 Å². The van der Waals surface area contributed by atoms with E-state index in [0.29, 0.717) is 19.0 Å². The van der Waals surface area contributed by atoms with E-state index >= 15 is 0 Å². The molecule has 2 aromatic heterocycles. The first-order valence-electron chi connectivity index (χ1n) is 7.54. The number of aryl methyl sites for hydroxylation is 1. The summed E-state index contributed by atoms with van der Waals surface area (Å²) in [6, 6.07) is 8.07. The van der Waals surface area contributed by atoms with E-state index in [0.717, 1.165) is 12.0 Å². The predicted molar refractivity (Wildman–Crippen MR) is 86.6 cm³/mol. The highest BCUT2D eigenvalue weighted by Crippen LogP contribution is 2.50. The average Bonchev–Trinajstić information content (AvgIpc) is 3.21. The lowest BCUT2D eigenvalue weighted by atomic mass is 10.2. The molecule has 1 saturated carbocycles. The van der Waals surface area contributed by atoms with Gasteiger partial charge in [-0.1, -0.05) is 6.07 Å². The second kappa shape index (κ2) is 6.58. The van der Waals surface area contributed by atoms with Gasteiger partial charge in [-0.05, 0) is 37.1 Å². The van der Waals surface area contributed by atoms with Gasteiger partial charge in [-0.15, -0.1) is 11.3 Å². The second-order valence-corrected chi connectivity index (χ2v) is 7.06. The molecule has 0 radical (unpaired) electrons. The maximum absolute atomic E-state index is 12.7. The molecule has 1 amide bonds. The van der Waals surface area contributed by atoms with Gasteiger partial charge in [-0.3, -0.25) is 9.78 Å². The number of thiophene rings is 1. The summed E-state index contributed by atoms with van der Waals surface area (Å²) in [5.41, 5.74) is 0.994. The van der Waals surface area contributed by atoms with Crippen LogP contribution in [0.25, 0.3) is 0 Å². The number of aliphatic hydroxyl groups is 1. The van der Waals surface area contributed by atoms with E-state index in [9.17, 15) is 9.90 Å².